The summed E-state index contributed by atoms with van der Waals surface area (Å²) in [4.78, 5) is 50.9. The van der Waals surface area contributed by atoms with Gasteiger partial charge in [-0.1, -0.05) is 0 Å². The van der Waals surface area contributed by atoms with Crippen LogP contribution in [0.3, 0.4) is 0 Å². The van der Waals surface area contributed by atoms with E-state index in [1.54, 1.807) is 48.5 Å². The Hall–Kier alpha value is -3.28. The first-order chi connectivity index (χ1) is 23.0. The Kier molecular flexibility index (Phi) is 17.4. The average molecular weight is 792 g/mol. The van der Waals surface area contributed by atoms with Gasteiger partial charge in [-0.15, -0.1) is 0 Å². The van der Waals surface area contributed by atoms with E-state index in [2.05, 4.69) is 0 Å². The van der Waals surface area contributed by atoms with Crippen LogP contribution in [-0.2, 0) is 25.3 Å². The molecule has 272 valence electrons. The Morgan fingerprint density at radius 3 is 1.10 bits per heavy atom. The van der Waals surface area contributed by atoms with Crippen molar-refractivity contribution < 1.29 is 44.3 Å². The quantitative estimate of drug-likeness (QED) is 0.0729. The first-order valence-electron chi connectivity index (χ1n) is 17.4. The summed E-state index contributed by atoms with van der Waals surface area (Å²) in [5.41, 5.74) is -0.681. The molecule has 0 unspecified atom stereocenters. The molecule has 0 aromatic heterocycles. The van der Waals surface area contributed by atoms with Crippen LogP contribution in [0.4, 0.5) is 0 Å². The summed E-state index contributed by atoms with van der Waals surface area (Å²) in [7, 11) is 0. The molecule has 0 amide bonds. The molecule has 0 aliphatic heterocycles. The molecule has 0 aliphatic rings. The van der Waals surface area contributed by atoms with Crippen molar-refractivity contribution >= 4 is 43.1 Å². The summed E-state index contributed by atoms with van der Waals surface area (Å²) >= 11 is -4.18. The Morgan fingerprint density at radius 2 is 0.796 bits per heavy atom. The van der Waals surface area contributed by atoms with Gasteiger partial charge in [0, 0.05) is 0 Å². The Balaban J connectivity index is 1.87. The number of hydrogen-bond acceptors (Lipinski definition) is 10. The number of rotatable bonds is 20. The molecule has 0 spiro atoms. The second-order valence-electron chi connectivity index (χ2n) is 14.1. The fourth-order valence-corrected chi connectivity index (χ4v) is 14.8. The first kappa shape index (κ1) is 41.9. The van der Waals surface area contributed by atoms with Crippen LogP contribution in [0.2, 0.25) is 8.87 Å². The molecule has 0 N–H and O–H groups in total. The minimum absolute atomic E-state index is 0.0110. The topological polar surface area (TPSA) is 124 Å². The van der Waals surface area contributed by atoms with E-state index in [9.17, 15) is 19.2 Å². The predicted molar refractivity (Wildman–Crippen MR) is 190 cm³/mol. The molecule has 2 aromatic rings. The number of hydrogen-bond donors (Lipinski definition) is 0. The van der Waals surface area contributed by atoms with Gasteiger partial charge in [-0.3, -0.25) is 0 Å². The van der Waals surface area contributed by atoms with Crippen molar-refractivity contribution in [2.24, 2.45) is 0 Å². The van der Waals surface area contributed by atoms with Crippen molar-refractivity contribution in [1.29, 1.82) is 0 Å². The van der Waals surface area contributed by atoms with Gasteiger partial charge in [0.25, 0.3) is 0 Å². The zero-order valence-electron chi connectivity index (χ0n) is 30.7. The second-order valence-corrected chi connectivity index (χ2v) is 23.3. The monoisotopic (exact) mass is 792 g/mol. The van der Waals surface area contributed by atoms with Gasteiger partial charge >= 0.3 is 246 Å². The number of carbonyl (C=O) groups is 4. The molecule has 0 fully saturated rings. The SMILES string of the molecule is CCC[CH2][Sn]([CH2]CCC)([O]C(=O)CCCC(=O)Oc1ccc(OC(C)(C)C)cc1)[O]C(=O)CCCC(=O)Oc1ccc(OC(C)(C)C)cc1. The summed E-state index contributed by atoms with van der Waals surface area (Å²) in [5, 5.41) is 0. The van der Waals surface area contributed by atoms with E-state index in [4.69, 9.17) is 25.1 Å². The first-order valence-corrected chi connectivity index (χ1v) is 23.8. The third-order valence-electron chi connectivity index (χ3n) is 6.90. The van der Waals surface area contributed by atoms with Crippen molar-refractivity contribution in [3.05, 3.63) is 48.5 Å². The zero-order valence-corrected chi connectivity index (χ0v) is 33.5. The molecule has 11 heteroatoms. The molecule has 0 heterocycles. The molecule has 0 aliphatic carbocycles. The molecule has 49 heavy (non-hydrogen) atoms. The Morgan fingerprint density at radius 1 is 0.490 bits per heavy atom. The van der Waals surface area contributed by atoms with E-state index in [-0.39, 0.29) is 49.7 Å². The van der Waals surface area contributed by atoms with Crippen LogP contribution in [0, 0.1) is 0 Å². The molecule has 0 bridgehead atoms. The van der Waals surface area contributed by atoms with Gasteiger partial charge in [0.15, 0.2) is 0 Å². The summed E-state index contributed by atoms with van der Waals surface area (Å²) in [5.74, 6) is 0.283. The van der Waals surface area contributed by atoms with Crippen molar-refractivity contribution in [1.82, 2.24) is 0 Å². The summed E-state index contributed by atoms with van der Waals surface area (Å²) in [6, 6.07) is 13.6. The van der Waals surface area contributed by atoms with E-state index in [0.29, 0.717) is 31.9 Å². The van der Waals surface area contributed by atoms with Gasteiger partial charge in [-0.05, 0) is 41.5 Å². The van der Waals surface area contributed by atoms with Crippen molar-refractivity contribution in [3.63, 3.8) is 0 Å². The second kappa shape index (κ2) is 20.4. The van der Waals surface area contributed by atoms with Crippen molar-refractivity contribution in [3.8, 4) is 23.0 Å². The van der Waals surface area contributed by atoms with E-state index in [1.165, 1.54) is 0 Å². The molecule has 0 saturated carbocycles. The van der Waals surface area contributed by atoms with Crippen LogP contribution in [-0.4, -0.2) is 54.3 Å². The van der Waals surface area contributed by atoms with Crippen LogP contribution >= 0.6 is 0 Å². The molecular weight excluding hydrogens is 735 g/mol. The molecule has 2 rings (SSSR count). The normalized spacial score (nSPS) is 11.8. The molecule has 0 saturated heterocycles. The van der Waals surface area contributed by atoms with Crippen LogP contribution < -0.4 is 18.9 Å². The molecule has 0 atom stereocenters. The number of ether oxygens (including phenoxy) is 4. The Labute approximate surface area is 297 Å². The third kappa shape index (κ3) is 18.3. The molecular formula is C38H56O10Sn. The fraction of sp³-hybridized carbons (Fsp3) is 0.579. The van der Waals surface area contributed by atoms with Crippen molar-refractivity contribution in [2.75, 3.05) is 0 Å². The maximum absolute atomic E-state index is 13.0. The van der Waals surface area contributed by atoms with Crippen molar-refractivity contribution in [2.45, 2.75) is 140 Å². The molecule has 10 nitrogen and oxygen atoms in total. The standard InChI is InChI=1S/2C15H20O5.2C4H9.Sn/c2*1-15(2,3)20-12-9-7-11(8-10-12)19-14(18)6-4-5-13(16)17;2*1-3-4-2;/h2*7-10H,4-6H2,1-3H3,(H,16,17);2*1,3-4H2,2H3;/q;;;;+2/p-2. The third-order valence-corrected chi connectivity index (χ3v) is 16.7. The van der Waals surface area contributed by atoms with Crippen LogP contribution in [0.1, 0.15) is 120 Å². The minimum atomic E-state index is -4.18. The number of benzene rings is 2. The van der Waals surface area contributed by atoms with Gasteiger partial charge in [0.2, 0.25) is 0 Å². The van der Waals surface area contributed by atoms with Crippen LogP contribution in [0.15, 0.2) is 48.5 Å². The zero-order chi connectivity index (χ0) is 36.5. The van der Waals surface area contributed by atoms with Gasteiger partial charge < -0.3 is 0 Å². The van der Waals surface area contributed by atoms with Gasteiger partial charge in [0.1, 0.15) is 11.2 Å². The van der Waals surface area contributed by atoms with E-state index in [1.807, 2.05) is 55.4 Å². The van der Waals surface area contributed by atoms with Gasteiger partial charge in [-0.25, -0.2) is 0 Å². The summed E-state index contributed by atoms with van der Waals surface area (Å²) in [6.45, 7) is 15.8. The van der Waals surface area contributed by atoms with Gasteiger partial charge in [0.05, 0.1) is 0 Å². The summed E-state index contributed by atoms with van der Waals surface area (Å²) in [6.07, 6.45) is 3.86. The molecule has 0 radical (unpaired) electrons. The Bertz CT molecular complexity index is 1220. The number of esters is 2. The van der Waals surface area contributed by atoms with E-state index in [0.717, 1.165) is 25.7 Å². The summed E-state index contributed by atoms with van der Waals surface area (Å²) < 4.78 is 35.7. The molecule has 2 aromatic carbocycles. The van der Waals surface area contributed by atoms with E-state index >= 15 is 0 Å². The van der Waals surface area contributed by atoms with Gasteiger partial charge in [-0.2, -0.15) is 0 Å². The van der Waals surface area contributed by atoms with Crippen LogP contribution in [0.25, 0.3) is 0 Å². The van der Waals surface area contributed by atoms with E-state index < -0.39 is 43.1 Å². The number of unbranched alkanes of at least 4 members (excludes halogenated alkanes) is 2. The van der Waals surface area contributed by atoms with Crippen LogP contribution in [0.5, 0.6) is 23.0 Å². The maximum atomic E-state index is 13.0. The predicted octanol–water partition coefficient (Wildman–Crippen LogP) is 9.02. The average Bonchev–Trinajstić information content (AvgIpc) is 2.99. The number of carbonyl (C=O) groups excluding carboxylic acids is 4. The fourth-order valence-electron chi connectivity index (χ4n) is 4.74.